The molecule has 1 saturated heterocycles. The van der Waals surface area contributed by atoms with E-state index in [1.165, 1.54) is 4.68 Å². The first-order valence-electron chi connectivity index (χ1n) is 11.6. The van der Waals surface area contributed by atoms with E-state index in [1.54, 1.807) is 13.0 Å². The number of amides is 1. The van der Waals surface area contributed by atoms with Crippen molar-refractivity contribution in [2.75, 3.05) is 49.5 Å². The summed E-state index contributed by atoms with van der Waals surface area (Å²) in [6.07, 6.45) is 1.61. The minimum Gasteiger partial charge on any atom is -0.451 e. The molecule has 0 bridgehead atoms. The van der Waals surface area contributed by atoms with Gasteiger partial charge in [-0.2, -0.15) is 4.68 Å². The lowest BCUT2D eigenvalue weighted by Crippen LogP contribution is -2.46. The van der Waals surface area contributed by atoms with E-state index in [2.05, 4.69) is 37.6 Å². The van der Waals surface area contributed by atoms with Gasteiger partial charge in [0.05, 0.1) is 0 Å². The van der Waals surface area contributed by atoms with E-state index in [4.69, 9.17) is 4.74 Å². The molecule has 1 aliphatic rings. The van der Waals surface area contributed by atoms with Gasteiger partial charge in [-0.15, -0.1) is 5.10 Å². The highest BCUT2D eigenvalue weighted by Gasteiger charge is 2.19. The van der Waals surface area contributed by atoms with Crippen LogP contribution < -0.4 is 10.2 Å². The van der Waals surface area contributed by atoms with Crippen molar-refractivity contribution in [1.29, 1.82) is 0 Å². The molecule has 10 heteroatoms. The fourth-order valence-corrected chi connectivity index (χ4v) is 3.85. The lowest BCUT2D eigenvalue weighted by molar-refractivity contribution is -0.141. The number of likely N-dealkylation sites (N-methyl/N-ethyl adjacent to an activating group) is 1. The Morgan fingerprint density at radius 3 is 2.37 bits per heavy atom. The van der Waals surface area contributed by atoms with Crippen molar-refractivity contribution in [3.8, 4) is 0 Å². The number of piperazine rings is 1. The number of hydrogen-bond donors (Lipinski definition) is 1. The normalized spacial score (nSPS) is 14.6. The van der Waals surface area contributed by atoms with Gasteiger partial charge in [-0.3, -0.25) is 4.79 Å². The molecule has 0 atom stereocenters. The second kappa shape index (κ2) is 11.4. The van der Waals surface area contributed by atoms with Crippen molar-refractivity contribution >= 4 is 35.0 Å². The molecule has 0 radical (unpaired) electrons. The van der Waals surface area contributed by atoms with Gasteiger partial charge in [-0.05, 0) is 59.8 Å². The largest absolute Gasteiger partial charge is 0.451 e. The Morgan fingerprint density at radius 2 is 1.74 bits per heavy atom. The van der Waals surface area contributed by atoms with E-state index in [0.29, 0.717) is 11.5 Å². The summed E-state index contributed by atoms with van der Waals surface area (Å²) in [5.74, 6) is -0.721. The van der Waals surface area contributed by atoms with E-state index >= 15 is 0 Å². The van der Waals surface area contributed by atoms with Gasteiger partial charge in [0.25, 0.3) is 5.91 Å². The number of nitrogens with zero attached hydrogens (tertiary/aromatic N) is 6. The molecule has 3 aromatic rings. The fourth-order valence-electron chi connectivity index (χ4n) is 3.85. The predicted octanol–water partition coefficient (Wildman–Crippen LogP) is 2.30. The number of carbonyl (C=O) groups is 2. The van der Waals surface area contributed by atoms with Crippen LogP contribution in [0.4, 0.5) is 11.4 Å². The maximum Gasteiger partial charge on any atom is 0.357 e. The van der Waals surface area contributed by atoms with Crippen molar-refractivity contribution in [3.05, 3.63) is 66.0 Å². The maximum absolute atomic E-state index is 12.8. The maximum atomic E-state index is 12.8. The van der Waals surface area contributed by atoms with Crippen molar-refractivity contribution in [2.24, 2.45) is 0 Å². The van der Waals surface area contributed by atoms with Crippen molar-refractivity contribution in [1.82, 2.24) is 25.1 Å². The summed E-state index contributed by atoms with van der Waals surface area (Å²) in [7, 11) is 0. The monoisotopic (exact) mass is 475 g/mol. The van der Waals surface area contributed by atoms with Gasteiger partial charge in [0, 0.05) is 37.6 Å². The number of aryl methyl sites for hydroxylation is 1. The van der Waals surface area contributed by atoms with Crippen LogP contribution in [-0.2, 0) is 14.3 Å². The lowest BCUT2D eigenvalue weighted by Gasteiger charge is -2.35. The second-order valence-electron chi connectivity index (χ2n) is 8.17. The molecule has 182 valence electrons. The van der Waals surface area contributed by atoms with Crippen LogP contribution in [0.15, 0.2) is 54.6 Å². The quantitative estimate of drug-likeness (QED) is 0.391. The zero-order chi connectivity index (χ0) is 24.6. The Labute approximate surface area is 204 Å². The standard InChI is InChI=1S/C25H29N7O3/c1-3-30-13-15-31(16-14-30)22-11-9-21(10-12-22)26-24(33)18-35-25(34)23(32-19(2)27-28-29-32)17-20-7-5-4-6-8-20/h4-12,17H,3,13-16,18H2,1-2H3,(H,26,33)/b23-17-. The first kappa shape index (κ1) is 24.1. The molecule has 2 aromatic carbocycles. The summed E-state index contributed by atoms with van der Waals surface area (Å²) in [4.78, 5) is 30.0. The van der Waals surface area contributed by atoms with E-state index in [1.807, 2.05) is 54.6 Å². The molecule has 35 heavy (non-hydrogen) atoms. The van der Waals surface area contributed by atoms with E-state index < -0.39 is 18.5 Å². The van der Waals surface area contributed by atoms with Crippen molar-refractivity contribution in [3.63, 3.8) is 0 Å². The molecule has 0 aliphatic carbocycles. The molecule has 2 heterocycles. The minimum absolute atomic E-state index is 0.110. The fraction of sp³-hybridized carbons (Fsp3) is 0.320. The van der Waals surface area contributed by atoms with Gasteiger partial charge in [-0.25, -0.2) is 4.79 Å². The summed E-state index contributed by atoms with van der Waals surface area (Å²) in [5, 5.41) is 14.1. The molecule has 4 rings (SSSR count). The SMILES string of the molecule is CCN1CCN(c2ccc(NC(=O)COC(=O)/C(=C/c3ccccc3)n3nnnc3C)cc2)CC1. The van der Waals surface area contributed by atoms with Gasteiger partial charge in [0.15, 0.2) is 18.1 Å². The molecule has 1 amide bonds. The molecule has 0 unspecified atom stereocenters. The van der Waals surface area contributed by atoms with Gasteiger partial charge in [-0.1, -0.05) is 37.3 Å². The zero-order valence-electron chi connectivity index (χ0n) is 19.9. The average Bonchev–Trinajstić information content (AvgIpc) is 3.32. The Kier molecular flexibility index (Phi) is 7.84. The summed E-state index contributed by atoms with van der Waals surface area (Å²) in [6, 6.07) is 16.9. The van der Waals surface area contributed by atoms with Gasteiger partial charge < -0.3 is 19.9 Å². The summed E-state index contributed by atoms with van der Waals surface area (Å²) in [6.45, 7) is 8.54. The minimum atomic E-state index is -0.707. The summed E-state index contributed by atoms with van der Waals surface area (Å²) in [5.41, 5.74) is 2.64. The molecular formula is C25H29N7O3. The predicted molar refractivity (Wildman–Crippen MR) is 134 cm³/mol. The van der Waals surface area contributed by atoms with Crippen LogP contribution in [0.5, 0.6) is 0 Å². The van der Waals surface area contributed by atoms with Crippen LogP contribution in [0.1, 0.15) is 18.3 Å². The first-order valence-corrected chi connectivity index (χ1v) is 11.6. The highest BCUT2D eigenvalue weighted by molar-refractivity contribution is 6.15. The highest BCUT2D eigenvalue weighted by atomic mass is 16.5. The smallest absolute Gasteiger partial charge is 0.357 e. The van der Waals surface area contributed by atoms with Gasteiger partial charge >= 0.3 is 5.97 Å². The number of esters is 1. The molecule has 0 saturated carbocycles. The number of rotatable bonds is 8. The average molecular weight is 476 g/mol. The molecule has 1 fully saturated rings. The Hall–Kier alpha value is -4.05. The Bertz CT molecular complexity index is 1170. The highest BCUT2D eigenvalue weighted by Crippen LogP contribution is 2.20. The Balaban J connectivity index is 1.34. The number of aromatic nitrogens is 4. The van der Waals surface area contributed by atoms with Crippen molar-refractivity contribution in [2.45, 2.75) is 13.8 Å². The zero-order valence-corrected chi connectivity index (χ0v) is 19.9. The first-order chi connectivity index (χ1) is 17.0. The van der Waals surface area contributed by atoms with Gasteiger partial charge in [0.2, 0.25) is 0 Å². The number of hydrogen-bond acceptors (Lipinski definition) is 8. The number of ether oxygens (including phenoxy) is 1. The molecule has 1 aliphatic heterocycles. The molecule has 0 spiro atoms. The molecular weight excluding hydrogens is 446 g/mol. The number of carbonyl (C=O) groups excluding carboxylic acids is 2. The number of anilines is 2. The third-order valence-corrected chi connectivity index (χ3v) is 5.84. The number of benzene rings is 2. The van der Waals surface area contributed by atoms with Crippen LogP contribution in [0.25, 0.3) is 11.8 Å². The van der Waals surface area contributed by atoms with E-state index in [9.17, 15) is 9.59 Å². The molecule has 1 N–H and O–H groups in total. The number of nitrogens with one attached hydrogen (secondary N) is 1. The van der Waals surface area contributed by atoms with Crippen LogP contribution in [0.2, 0.25) is 0 Å². The molecule has 1 aromatic heterocycles. The third-order valence-electron chi connectivity index (χ3n) is 5.84. The Morgan fingerprint density at radius 1 is 1.03 bits per heavy atom. The van der Waals surface area contributed by atoms with Crippen LogP contribution >= 0.6 is 0 Å². The van der Waals surface area contributed by atoms with E-state index in [0.717, 1.165) is 44.0 Å². The van der Waals surface area contributed by atoms with Gasteiger partial charge in [0.1, 0.15) is 0 Å². The molecule has 10 nitrogen and oxygen atoms in total. The van der Waals surface area contributed by atoms with Crippen molar-refractivity contribution < 1.29 is 14.3 Å². The topological polar surface area (TPSA) is 105 Å². The van der Waals surface area contributed by atoms with Crippen LogP contribution in [0, 0.1) is 6.92 Å². The lowest BCUT2D eigenvalue weighted by atomic mass is 10.2. The van der Waals surface area contributed by atoms with Crippen LogP contribution in [-0.4, -0.2) is 76.3 Å². The summed E-state index contributed by atoms with van der Waals surface area (Å²) < 4.78 is 6.56. The summed E-state index contributed by atoms with van der Waals surface area (Å²) >= 11 is 0. The second-order valence-corrected chi connectivity index (χ2v) is 8.17. The number of tetrazole rings is 1. The van der Waals surface area contributed by atoms with Crippen LogP contribution in [0.3, 0.4) is 0 Å². The third kappa shape index (κ3) is 6.30. The van der Waals surface area contributed by atoms with E-state index in [-0.39, 0.29) is 5.70 Å².